The summed E-state index contributed by atoms with van der Waals surface area (Å²) in [6, 6.07) is 0. The lowest BCUT2D eigenvalue weighted by atomic mass is 9.83. The molecule has 0 spiro atoms. The summed E-state index contributed by atoms with van der Waals surface area (Å²) in [7, 11) is 0. The third kappa shape index (κ3) is 7.65. The first-order valence-electron chi connectivity index (χ1n) is 8.44. The molecule has 0 aromatic heterocycles. The summed E-state index contributed by atoms with van der Waals surface area (Å²) in [6.07, 6.45) is 7.42. The van der Waals surface area contributed by atoms with Gasteiger partial charge in [0.05, 0.1) is 0 Å². The summed E-state index contributed by atoms with van der Waals surface area (Å²) in [5.41, 5.74) is 0.417. The molecule has 0 saturated heterocycles. The van der Waals surface area contributed by atoms with Crippen LogP contribution in [0.5, 0.6) is 0 Å². The van der Waals surface area contributed by atoms with Crippen molar-refractivity contribution in [2.24, 2.45) is 10.4 Å². The van der Waals surface area contributed by atoms with Crippen molar-refractivity contribution in [1.82, 2.24) is 16.0 Å². The average molecular weight is 424 g/mol. The summed E-state index contributed by atoms with van der Waals surface area (Å²) in [4.78, 5) is 16.0. The van der Waals surface area contributed by atoms with Gasteiger partial charge < -0.3 is 16.0 Å². The van der Waals surface area contributed by atoms with Gasteiger partial charge in [0.15, 0.2) is 5.96 Å². The Morgan fingerprint density at radius 3 is 2.32 bits per heavy atom. The van der Waals surface area contributed by atoms with Gasteiger partial charge >= 0.3 is 0 Å². The predicted molar refractivity (Wildman–Crippen MR) is 104 cm³/mol. The van der Waals surface area contributed by atoms with E-state index < -0.39 is 0 Å². The van der Waals surface area contributed by atoms with Crippen molar-refractivity contribution < 1.29 is 4.79 Å². The number of hydrogen-bond donors (Lipinski definition) is 3. The molecular formula is C16H33IN4O. The van der Waals surface area contributed by atoms with Crippen LogP contribution in [0.3, 0.4) is 0 Å². The van der Waals surface area contributed by atoms with Gasteiger partial charge in [0.1, 0.15) is 6.54 Å². The molecule has 1 aliphatic carbocycles. The normalized spacial score (nSPS) is 16.8. The van der Waals surface area contributed by atoms with Crippen LogP contribution in [0.15, 0.2) is 4.99 Å². The molecule has 130 valence electrons. The van der Waals surface area contributed by atoms with Crippen LogP contribution in [-0.2, 0) is 4.79 Å². The Kier molecular flexibility index (Phi) is 11.7. The fourth-order valence-corrected chi connectivity index (χ4v) is 2.86. The van der Waals surface area contributed by atoms with E-state index in [1.165, 1.54) is 32.1 Å². The number of guanidine groups is 1. The Bertz CT molecular complexity index is 341. The Morgan fingerprint density at radius 1 is 1.09 bits per heavy atom. The second-order valence-electron chi connectivity index (χ2n) is 5.96. The third-order valence-electron chi connectivity index (χ3n) is 4.34. The number of nitrogens with zero attached hydrogens (tertiary/aromatic N) is 1. The van der Waals surface area contributed by atoms with E-state index >= 15 is 0 Å². The standard InChI is InChI=1S/C16H32N4O.HI/c1-4-11-18-14(21)12-19-15(17-6-3)20-13-16(5-2)9-7-8-10-16;/h4-13H2,1-3H3,(H,18,21)(H2,17,19,20);1H. The minimum Gasteiger partial charge on any atom is -0.357 e. The molecule has 0 aliphatic heterocycles. The summed E-state index contributed by atoms with van der Waals surface area (Å²) >= 11 is 0. The van der Waals surface area contributed by atoms with E-state index in [0.29, 0.717) is 5.41 Å². The first-order chi connectivity index (χ1) is 10.2. The quantitative estimate of drug-likeness (QED) is 0.319. The zero-order chi connectivity index (χ0) is 15.6. The molecule has 1 amide bonds. The van der Waals surface area contributed by atoms with Gasteiger partial charge in [-0.15, -0.1) is 24.0 Å². The highest BCUT2D eigenvalue weighted by molar-refractivity contribution is 14.0. The topological polar surface area (TPSA) is 65.5 Å². The number of hydrogen-bond acceptors (Lipinski definition) is 2. The van der Waals surface area contributed by atoms with Gasteiger partial charge in [-0.05, 0) is 38.0 Å². The summed E-state index contributed by atoms with van der Waals surface area (Å²) in [5, 5.41) is 9.49. The van der Waals surface area contributed by atoms with Gasteiger partial charge in [0, 0.05) is 19.6 Å². The lowest BCUT2D eigenvalue weighted by Crippen LogP contribution is -2.43. The molecule has 1 fully saturated rings. The van der Waals surface area contributed by atoms with Gasteiger partial charge in [-0.25, -0.2) is 4.99 Å². The third-order valence-corrected chi connectivity index (χ3v) is 4.34. The van der Waals surface area contributed by atoms with Crippen LogP contribution >= 0.6 is 24.0 Å². The van der Waals surface area contributed by atoms with Crippen molar-refractivity contribution in [3.05, 3.63) is 0 Å². The summed E-state index contributed by atoms with van der Waals surface area (Å²) < 4.78 is 0. The van der Waals surface area contributed by atoms with Gasteiger partial charge in [0.2, 0.25) is 5.91 Å². The highest BCUT2D eigenvalue weighted by atomic mass is 127. The first-order valence-corrected chi connectivity index (χ1v) is 8.44. The second-order valence-corrected chi connectivity index (χ2v) is 5.96. The molecule has 0 aromatic rings. The molecule has 1 aliphatic rings. The van der Waals surface area contributed by atoms with Crippen LogP contribution in [-0.4, -0.2) is 38.0 Å². The van der Waals surface area contributed by atoms with Crippen molar-refractivity contribution in [3.8, 4) is 0 Å². The SMILES string of the molecule is CCCNC(=O)CN=C(NCC)NCC1(CC)CCCC1.I. The van der Waals surface area contributed by atoms with Crippen LogP contribution < -0.4 is 16.0 Å². The Labute approximate surface area is 152 Å². The molecule has 22 heavy (non-hydrogen) atoms. The lowest BCUT2D eigenvalue weighted by Gasteiger charge is -2.28. The van der Waals surface area contributed by atoms with Gasteiger partial charge in [-0.3, -0.25) is 4.79 Å². The van der Waals surface area contributed by atoms with Gasteiger partial charge in [-0.1, -0.05) is 26.7 Å². The fourth-order valence-electron chi connectivity index (χ4n) is 2.86. The lowest BCUT2D eigenvalue weighted by molar-refractivity contribution is -0.119. The van der Waals surface area contributed by atoms with Crippen molar-refractivity contribution in [1.29, 1.82) is 0 Å². The van der Waals surface area contributed by atoms with Crippen LogP contribution in [0.4, 0.5) is 0 Å². The molecule has 0 heterocycles. The zero-order valence-corrected chi connectivity index (χ0v) is 16.7. The smallest absolute Gasteiger partial charge is 0.241 e. The predicted octanol–water partition coefficient (Wildman–Crippen LogP) is 2.66. The minimum absolute atomic E-state index is 0. The fraction of sp³-hybridized carbons (Fsp3) is 0.875. The van der Waals surface area contributed by atoms with Crippen molar-refractivity contribution >= 4 is 35.8 Å². The number of halogens is 1. The van der Waals surface area contributed by atoms with Crippen molar-refractivity contribution in [2.75, 3.05) is 26.2 Å². The molecule has 0 unspecified atom stereocenters. The van der Waals surface area contributed by atoms with E-state index in [4.69, 9.17) is 0 Å². The maximum Gasteiger partial charge on any atom is 0.241 e. The number of nitrogens with one attached hydrogen (secondary N) is 3. The van der Waals surface area contributed by atoms with Crippen LogP contribution in [0.2, 0.25) is 0 Å². The maximum atomic E-state index is 11.6. The molecular weight excluding hydrogens is 391 g/mol. The molecule has 0 radical (unpaired) electrons. The van der Waals surface area contributed by atoms with E-state index in [0.717, 1.165) is 32.0 Å². The van der Waals surface area contributed by atoms with Gasteiger partial charge in [-0.2, -0.15) is 0 Å². The van der Waals surface area contributed by atoms with E-state index in [9.17, 15) is 4.79 Å². The molecule has 5 nitrogen and oxygen atoms in total. The zero-order valence-electron chi connectivity index (χ0n) is 14.3. The molecule has 1 rings (SSSR count). The molecule has 0 bridgehead atoms. The molecule has 1 saturated carbocycles. The monoisotopic (exact) mass is 424 g/mol. The molecule has 0 aromatic carbocycles. The number of amides is 1. The highest BCUT2D eigenvalue weighted by Crippen LogP contribution is 2.40. The highest BCUT2D eigenvalue weighted by Gasteiger charge is 2.31. The van der Waals surface area contributed by atoms with Crippen LogP contribution in [0.1, 0.15) is 59.3 Å². The largest absolute Gasteiger partial charge is 0.357 e. The Balaban J connectivity index is 0.00000441. The molecule has 0 atom stereocenters. The maximum absolute atomic E-state index is 11.6. The Morgan fingerprint density at radius 2 is 1.77 bits per heavy atom. The number of aliphatic imine (C=N–C) groups is 1. The Hall–Kier alpha value is -0.530. The van der Waals surface area contributed by atoms with Crippen LogP contribution in [0.25, 0.3) is 0 Å². The van der Waals surface area contributed by atoms with E-state index in [-0.39, 0.29) is 36.4 Å². The van der Waals surface area contributed by atoms with Gasteiger partial charge in [0.25, 0.3) is 0 Å². The minimum atomic E-state index is -0.0138. The number of carbonyl (C=O) groups is 1. The van der Waals surface area contributed by atoms with E-state index in [2.05, 4.69) is 27.9 Å². The van der Waals surface area contributed by atoms with E-state index in [1.54, 1.807) is 0 Å². The van der Waals surface area contributed by atoms with E-state index in [1.807, 2.05) is 13.8 Å². The second kappa shape index (κ2) is 12.0. The van der Waals surface area contributed by atoms with Crippen molar-refractivity contribution in [2.45, 2.75) is 59.3 Å². The summed E-state index contributed by atoms with van der Waals surface area (Å²) in [6.45, 7) is 9.02. The first kappa shape index (κ1) is 21.5. The number of carbonyl (C=O) groups excluding carboxylic acids is 1. The molecule has 6 heteroatoms. The average Bonchev–Trinajstić information content (AvgIpc) is 2.97. The van der Waals surface area contributed by atoms with Crippen molar-refractivity contribution in [3.63, 3.8) is 0 Å². The molecule has 3 N–H and O–H groups in total. The summed E-state index contributed by atoms with van der Waals surface area (Å²) in [5.74, 6) is 0.740. The number of rotatable bonds is 8. The van der Waals surface area contributed by atoms with Crippen LogP contribution in [0, 0.1) is 5.41 Å².